The SMILES string of the molecule is CNCCOCC(C)c1ccccc1. The number of rotatable bonds is 6. The Kier molecular flexibility index (Phi) is 5.27. The fraction of sp³-hybridized carbons (Fsp3) is 0.500. The number of likely N-dealkylation sites (N-methyl/N-ethyl adjacent to an activating group) is 1. The maximum absolute atomic E-state index is 5.53. The van der Waals surface area contributed by atoms with Crippen LogP contribution in [0.5, 0.6) is 0 Å². The van der Waals surface area contributed by atoms with E-state index in [4.69, 9.17) is 4.74 Å². The Morgan fingerprint density at radius 2 is 2.00 bits per heavy atom. The first-order valence-corrected chi connectivity index (χ1v) is 5.12. The van der Waals surface area contributed by atoms with Crippen molar-refractivity contribution in [3.63, 3.8) is 0 Å². The molecule has 1 unspecified atom stereocenters. The molecule has 0 saturated heterocycles. The van der Waals surface area contributed by atoms with Crippen molar-refractivity contribution in [2.75, 3.05) is 26.8 Å². The van der Waals surface area contributed by atoms with Gasteiger partial charge in [-0.2, -0.15) is 0 Å². The normalized spacial score (nSPS) is 12.7. The van der Waals surface area contributed by atoms with Crippen LogP contribution >= 0.6 is 0 Å². The maximum atomic E-state index is 5.53. The molecule has 0 fully saturated rings. The number of nitrogens with one attached hydrogen (secondary N) is 1. The van der Waals surface area contributed by atoms with Gasteiger partial charge in [0, 0.05) is 12.5 Å². The molecular weight excluding hydrogens is 174 g/mol. The number of benzene rings is 1. The zero-order chi connectivity index (χ0) is 10.2. The summed E-state index contributed by atoms with van der Waals surface area (Å²) in [6.07, 6.45) is 0. The molecule has 1 aromatic carbocycles. The van der Waals surface area contributed by atoms with Gasteiger partial charge in [-0.15, -0.1) is 0 Å². The van der Waals surface area contributed by atoms with Crippen LogP contribution in [0.15, 0.2) is 30.3 Å². The summed E-state index contributed by atoms with van der Waals surface area (Å²) in [5.74, 6) is 0.480. The molecule has 1 atom stereocenters. The zero-order valence-corrected chi connectivity index (χ0v) is 8.99. The van der Waals surface area contributed by atoms with E-state index in [-0.39, 0.29) is 0 Å². The molecule has 1 aromatic rings. The smallest absolute Gasteiger partial charge is 0.0591 e. The number of hydrogen-bond acceptors (Lipinski definition) is 2. The maximum Gasteiger partial charge on any atom is 0.0591 e. The summed E-state index contributed by atoms with van der Waals surface area (Å²) in [6, 6.07) is 10.5. The van der Waals surface area contributed by atoms with Crippen molar-refractivity contribution in [2.45, 2.75) is 12.8 Å². The van der Waals surface area contributed by atoms with Crippen LogP contribution in [0.3, 0.4) is 0 Å². The minimum atomic E-state index is 0.480. The van der Waals surface area contributed by atoms with E-state index in [1.54, 1.807) is 0 Å². The Balaban J connectivity index is 2.25. The van der Waals surface area contributed by atoms with E-state index in [1.807, 2.05) is 13.1 Å². The first kappa shape index (κ1) is 11.2. The Labute approximate surface area is 86.3 Å². The molecule has 0 heterocycles. The lowest BCUT2D eigenvalue weighted by Gasteiger charge is -2.12. The van der Waals surface area contributed by atoms with Crippen molar-refractivity contribution < 1.29 is 4.74 Å². The van der Waals surface area contributed by atoms with E-state index >= 15 is 0 Å². The molecule has 0 spiro atoms. The van der Waals surface area contributed by atoms with Gasteiger partial charge in [-0.25, -0.2) is 0 Å². The topological polar surface area (TPSA) is 21.3 Å². The lowest BCUT2D eigenvalue weighted by molar-refractivity contribution is 0.126. The van der Waals surface area contributed by atoms with Crippen LogP contribution in [0.1, 0.15) is 18.4 Å². The standard InChI is InChI=1S/C12H19NO/c1-11(10-14-9-8-13-2)12-6-4-3-5-7-12/h3-7,11,13H,8-10H2,1-2H3. The molecule has 0 saturated carbocycles. The molecule has 0 aromatic heterocycles. The molecule has 78 valence electrons. The molecule has 0 amide bonds. The van der Waals surface area contributed by atoms with Gasteiger partial charge in [0.15, 0.2) is 0 Å². The first-order valence-electron chi connectivity index (χ1n) is 5.12. The highest BCUT2D eigenvalue weighted by Gasteiger charge is 2.03. The lowest BCUT2D eigenvalue weighted by Crippen LogP contribution is -2.16. The summed E-state index contributed by atoms with van der Waals surface area (Å²) in [5.41, 5.74) is 1.34. The average Bonchev–Trinajstić information content (AvgIpc) is 2.25. The second kappa shape index (κ2) is 6.57. The van der Waals surface area contributed by atoms with Gasteiger partial charge in [0.05, 0.1) is 13.2 Å². The van der Waals surface area contributed by atoms with E-state index < -0.39 is 0 Å². The molecular formula is C12H19NO. The molecule has 0 bridgehead atoms. The van der Waals surface area contributed by atoms with Gasteiger partial charge in [0.1, 0.15) is 0 Å². The minimum absolute atomic E-state index is 0.480. The molecule has 1 rings (SSSR count). The highest BCUT2D eigenvalue weighted by Crippen LogP contribution is 2.14. The molecule has 2 heteroatoms. The predicted molar refractivity (Wildman–Crippen MR) is 59.6 cm³/mol. The summed E-state index contributed by atoms with van der Waals surface area (Å²) in [4.78, 5) is 0. The van der Waals surface area contributed by atoms with Gasteiger partial charge in [-0.05, 0) is 12.6 Å². The fourth-order valence-corrected chi connectivity index (χ4v) is 1.31. The van der Waals surface area contributed by atoms with Crippen molar-refractivity contribution in [1.82, 2.24) is 5.32 Å². The second-order valence-electron chi connectivity index (χ2n) is 3.49. The third-order valence-corrected chi connectivity index (χ3v) is 2.23. The third kappa shape index (κ3) is 3.90. The largest absolute Gasteiger partial charge is 0.380 e. The van der Waals surface area contributed by atoms with Crippen LogP contribution < -0.4 is 5.32 Å². The lowest BCUT2D eigenvalue weighted by atomic mass is 10.0. The average molecular weight is 193 g/mol. The fourth-order valence-electron chi connectivity index (χ4n) is 1.31. The van der Waals surface area contributed by atoms with E-state index in [9.17, 15) is 0 Å². The highest BCUT2D eigenvalue weighted by atomic mass is 16.5. The van der Waals surface area contributed by atoms with Crippen LogP contribution in [0.2, 0.25) is 0 Å². The van der Waals surface area contributed by atoms with Gasteiger partial charge in [-0.3, -0.25) is 0 Å². The molecule has 0 aliphatic heterocycles. The number of ether oxygens (including phenoxy) is 1. The summed E-state index contributed by atoms with van der Waals surface area (Å²) >= 11 is 0. The van der Waals surface area contributed by atoms with Gasteiger partial charge in [0.2, 0.25) is 0 Å². The van der Waals surface area contributed by atoms with Gasteiger partial charge < -0.3 is 10.1 Å². The van der Waals surface area contributed by atoms with Crippen molar-refractivity contribution in [3.8, 4) is 0 Å². The second-order valence-corrected chi connectivity index (χ2v) is 3.49. The molecule has 2 nitrogen and oxygen atoms in total. The van der Waals surface area contributed by atoms with E-state index in [2.05, 4.69) is 36.5 Å². The van der Waals surface area contributed by atoms with E-state index in [1.165, 1.54) is 5.56 Å². The Hall–Kier alpha value is -0.860. The van der Waals surface area contributed by atoms with Crippen LogP contribution in [0, 0.1) is 0 Å². The summed E-state index contributed by atoms with van der Waals surface area (Å²) in [6.45, 7) is 4.69. The molecule has 0 radical (unpaired) electrons. The summed E-state index contributed by atoms with van der Waals surface area (Å²) in [7, 11) is 1.93. The van der Waals surface area contributed by atoms with Crippen LogP contribution in [-0.2, 0) is 4.74 Å². The molecule has 1 N–H and O–H groups in total. The van der Waals surface area contributed by atoms with Crippen molar-refractivity contribution in [1.29, 1.82) is 0 Å². The summed E-state index contributed by atoms with van der Waals surface area (Å²) in [5, 5.41) is 3.06. The monoisotopic (exact) mass is 193 g/mol. The third-order valence-electron chi connectivity index (χ3n) is 2.23. The van der Waals surface area contributed by atoms with Gasteiger partial charge in [-0.1, -0.05) is 37.3 Å². The Morgan fingerprint density at radius 3 is 2.64 bits per heavy atom. The van der Waals surface area contributed by atoms with Crippen LogP contribution in [0.4, 0.5) is 0 Å². The Morgan fingerprint density at radius 1 is 1.29 bits per heavy atom. The quantitative estimate of drug-likeness (QED) is 0.698. The van der Waals surface area contributed by atoms with E-state index in [0.717, 1.165) is 19.8 Å². The predicted octanol–water partition coefficient (Wildman–Crippen LogP) is 2.03. The van der Waals surface area contributed by atoms with Crippen molar-refractivity contribution >= 4 is 0 Å². The number of hydrogen-bond donors (Lipinski definition) is 1. The van der Waals surface area contributed by atoms with Gasteiger partial charge >= 0.3 is 0 Å². The molecule has 0 aliphatic rings. The molecule has 14 heavy (non-hydrogen) atoms. The van der Waals surface area contributed by atoms with Crippen LogP contribution in [-0.4, -0.2) is 26.8 Å². The van der Waals surface area contributed by atoms with Crippen molar-refractivity contribution in [2.24, 2.45) is 0 Å². The molecule has 0 aliphatic carbocycles. The van der Waals surface area contributed by atoms with Crippen molar-refractivity contribution in [3.05, 3.63) is 35.9 Å². The summed E-state index contributed by atoms with van der Waals surface area (Å²) < 4.78 is 5.53. The minimum Gasteiger partial charge on any atom is -0.380 e. The van der Waals surface area contributed by atoms with Crippen LogP contribution in [0.25, 0.3) is 0 Å². The van der Waals surface area contributed by atoms with Gasteiger partial charge in [0.25, 0.3) is 0 Å². The van der Waals surface area contributed by atoms with E-state index in [0.29, 0.717) is 5.92 Å². The first-order chi connectivity index (χ1) is 6.84. The highest BCUT2D eigenvalue weighted by molar-refractivity contribution is 5.18. The zero-order valence-electron chi connectivity index (χ0n) is 8.99. The Bertz CT molecular complexity index is 235.